The number of nitrogens with zero attached hydrogens (tertiary/aromatic N) is 12. The van der Waals surface area contributed by atoms with Crippen molar-refractivity contribution in [1.29, 1.82) is 0 Å². The Hall–Kier alpha value is -8.67. The van der Waals surface area contributed by atoms with E-state index in [2.05, 4.69) is 92.0 Å². The lowest BCUT2D eigenvalue weighted by molar-refractivity contribution is -0.221. The Morgan fingerprint density at radius 1 is 0.452 bits per heavy atom. The molecule has 27 nitrogen and oxygen atoms in total. The van der Waals surface area contributed by atoms with E-state index in [0.717, 1.165) is 135 Å². The second kappa shape index (κ2) is 47.8. The Bertz CT molecular complexity index is 4340. The Morgan fingerprint density at radius 2 is 0.790 bits per heavy atom. The van der Waals surface area contributed by atoms with Crippen LogP contribution in [0.2, 0.25) is 0 Å². The largest absolute Gasteiger partial charge is 0.490 e. The number of hydrogen-bond donors (Lipinski definition) is 4. The van der Waals surface area contributed by atoms with E-state index in [-0.39, 0.29) is 87.7 Å². The third-order valence-corrected chi connectivity index (χ3v) is 18.5. The number of pyridine rings is 3. The maximum atomic E-state index is 13.6. The number of carbonyl (C=O) groups excluding carboxylic acids is 5. The van der Waals surface area contributed by atoms with E-state index in [1.54, 1.807) is 45.3 Å². The SMILES string of the molecule is CC(C)(C)CO.CC(C)(C)CO.CCOC(=O)C(C)(C)C.CCOC(=O)C(C)(C)O.CN(CC(=O)CC(C)(C)C)c1nc(-c2cc(F)ccn2)nc2c1CCC2.CN(CC(=O)CC(C)(C)C)c1nc(-c2cc(OCC(C)(C)O)ccn2)nc2c1CCC2.CN(CC(=O)CC(C)(C)C)c1nc(-c2cc(OCC(C)(C)OC3CCCCO3)ccn2)nc2c1CCC2. The number of fused-ring (bicyclic) bond motifs is 3. The van der Waals surface area contributed by atoms with E-state index in [1.807, 2.05) is 131 Å². The molecule has 7 heterocycles. The molecule has 1 atom stereocenters. The van der Waals surface area contributed by atoms with Crippen molar-refractivity contribution in [3.8, 4) is 46.1 Å². The molecule has 4 N–H and O–H groups in total. The Balaban J connectivity index is 0.000000336. The molecule has 1 saturated heterocycles. The molecule has 1 aliphatic heterocycles. The minimum atomic E-state index is -1.35. The minimum Gasteiger partial charge on any atom is -0.490 e. The Morgan fingerprint density at radius 3 is 1.07 bits per heavy atom. The molecule has 6 aromatic heterocycles. The summed E-state index contributed by atoms with van der Waals surface area (Å²) in [6.07, 6.45) is 17.8. The van der Waals surface area contributed by atoms with Gasteiger partial charge in [0, 0.05) is 131 Å². The number of aliphatic hydroxyl groups excluding tert-OH is 2. The first-order valence-electron chi connectivity index (χ1n) is 43.7. The molecule has 0 spiro atoms. The van der Waals surface area contributed by atoms with Gasteiger partial charge in [-0.3, -0.25) is 34.1 Å². The number of aryl methyl sites for hydroxylation is 3. The van der Waals surface area contributed by atoms with Gasteiger partial charge in [0.05, 0.1) is 49.5 Å². The van der Waals surface area contributed by atoms with Crippen LogP contribution in [0.3, 0.4) is 0 Å². The molecule has 0 amide bonds. The number of aliphatic hydroxyl groups is 4. The first-order valence-corrected chi connectivity index (χ1v) is 43.7. The van der Waals surface area contributed by atoms with E-state index in [9.17, 15) is 33.5 Å². The lowest BCUT2D eigenvalue weighted by atomic mass is 9.90. The van der Waals surface area contributed by atoms with E-state index < -0.39 is 22.8 Å². The molecule has 4 aliphatic rings. The molecule has 3 aliphatic carbocycles. The number of hydrogen-bond acceptors (Lipinski definition) is 27. The number of aromatic nitrogens is 9. The smallest absolute Gasteiger partial charge is 0.337 e. The number of anilines is 3. The van der Waals surface area contributed by atoms with Gasteiger partial charge in [-0.25, -0.2) is 39.1 Å². The zero-order valence-corrected chi connectivity index (χ0v) is 80.5. The van der Waals surface area contributed by atoms with Crippen LogP contribution in [0.5, 0.6) is 11.5 Å². The van der Waals surface area contributed by atoms with Crippen LogP contribution in [0, 0.1) is 38.3 Å². The van der Waals surface area contributed by atoms with E-state index in [0.29, 0.717) is 105 Å². The standard InChI is InChI=1S/C29H42N4O4.C24H34N4O3.C20H25FN4O.C7H14O2.C6H12O3.2C5H12O/c1-28(2,3)17-20(34)18-33(6)27-22-10-9-11-23(22)31-26(32-27)24-16-21(13-14-30-24)36-19-29(4,5)37-25-12-7-8-15-35-25;1-23(2,3)13-16(29)14-28(6)22-18-8-7-9-19(18)26-21(27-22)20-12-17(10-11-25-20)31-15-24(4,5)30;1-20(2,3)11-14(26)12-25(4)19-15-6-5-7-16(15)23-18(24-19)17-10-13(21)8-9-22-17;1-5-9-6(8)7(2,3)4;1-4-9-5(7)6(2,3)8;2*1-5(2,3)4-6/h13-14,16,25H,7-12,15,17-19H2,1-6H3;10-12,30H,7-9,13-15H2,1-6H3;8-10H,5-7,11-12H2,1-4H3;5H2,1-4H3;8H,4H2,1-3H3;2*6H,4H2,1-3H3. The lowest BCUT2D eigenvalue weighted by Gasteiger charge is -2.32. The van der Waals surface area contributed by atoms with Gasteiger partial charge in [0.1, 0.15) is 65.1 Å². The normalized spacial score (nSPS) is 14.4. The third-order valence-electron chi connectivity index (χ3n) is 18.5. The summed E-state index contributed by atoms with van der Waals surface area (Å²) in [6, 6.07) is 9.89. The van der Waals surface area contributed by atoms with Crippen LogP contribution < -0.4 is 24.2 Å². The van der Waals surface area contributed by atoms with Gasteiger partial charge in [-0.2, -0.15) is 0 Å². The summed E-state index contributed by atoms with van der Waals surface area (Å²) in [7, 11) is 5.74. The predicted octanol–water partition coefficient (Wildman–Crippen LogP) is 16.4. The molecule has 0 saturated carbocycles. The zero-order valence-electron chi connectivity index (χ0n) is 80.5. The second-order valence-electron chi connectivity index (χ2n) is 41.2. The summed E-state index contributed by atoms with van der Waals surface area (Å²) in [6.45, 7) is 53.4. The Kier molecular flexibility index (Phi) is 41.5. The highest BCUT2D eigenvalue weighted by Gasteiger charge is 2.32. The summed E-state index contributed by atoms with van der Waals surface area (Å²) in [5, 5.41) is 35.7. The van der Waals surface area contributed by atoms with E-state index in [1.165, 1.54) is 32.2 Å². The van der Waals surface area contributed by atoms with Crippen LogP contribution in [0.15, 0.2) is 55.0 Å². The van der Waals surface area contributed by atoms with Crippen LogP contribution in [-0.4, -0.2) is 205 Å². The van der Waals surface area contributed by atoms with E-state index in [4.69, 9.17) is 58.9 Å². The molecule has 0 radical (unpaired) electrons. The van der Waals surface area contributed by atoms with Crippen LogP contribution in [0.4, 0.5) is 21.8 Å². The van der Waals surface area contributed by atoms with Crippen LogP contribution >= 0.6 is 0 Å². The maximum absolute atomic E-state index is 13.6. The fraction of sp³-hybridized carbons (Fsp3) is 0.667. The summed E-state index contributed by atoms with van der Waals surface area (Å²) < 4.78 is 46.5. The van der Waals surface area contributed by atoms with Gasteiger partial charge in [-0.05, 0) is 198 Å². The van der Waals surface area contributed by atoms with Gasteiger partial charge in [-0.15, -0.1) is 0 Å². The summed E-state index contributed by atoms with van der Waals surface area (Å²) in [4.78, 5) is 107. The molecule has 0 bridgehead atoms. The summed E-state index contributed by atoms with van der Waals surface area (Å²) in [5.41, 5.74) is 5.05. The first-order chi connectivity index (χ1) is 57.2. The quantitative estimate of drug-likeness (QED) is 0.0366. The van der Waals surface area contributed by atoms with Crippen molar-refractivity contribution in [2.75, 3.05) is 102 Å². The molecule has 692 valence electrons. The highest BCUT2D eigenvalue weighted by molar-refractivity contribution is 5.85. The fourth-order valence-corrected chi connectivity index (χ4v) is 12.6. The molecule has 10 rings (SSSR count). The monoisotopic (exact) mass is 1730 g/mol. The zero-order chi connectivity index (χ0) is 93.7. The molecule has 1 unspecified atom stereocenters. The summed E-state index contributed by atoms with van der Waals surface area (Å²) >= 11 is 0. The first kappa shape index (κ1) is 108. The van der Waals surface area contributed by atoms with Crippen LogP contribution in [-0.2, 0) is 81.4 Å². The third kappa shape index (κ3) is 40.7. The fourth-order valence-electron chi connectivity index (χ4n) is 12.6. The molecule has 0 aromatic carbocycles. The average Bonchev–Trinajstić information content (AvgIpc) is 1.65. The average molecular weight is 1730 g/mol. The van der Waals surface area contributed by atoms with Crippen LogP contribution in [0.25, 0.3) is 34.6 Å². The number of carbonyl (C=O) groups is 5. The van der Waals surface area contributed by atoms with E-state index >= 15 is 0 Å². The van der Waals surface area contributed by atoms with Crippen molar-refractivity contribution < 1.29 is 77.2 Å². The Labute approximate surface area is 739 Å². The van der Waals surface area contributed by atoms with Crippen LogP contribution in [0.1, 0.15) is 272 Å². The number of ketones is 3. The molecule has 28 heteroatoms. The van der Waals surface area contributed by atoms with Crippen molar-refractivity contribution in [2.24, 2.45) is 32.5 Å². The number of ether oxygens (including phenoxy) is 6. The van der Waals surface area contributed by atoms with Crippen molar-refractivity contribution in [3.05, 3.63) is 94.6 Å². The van der Waals surface area contributed by atoms with Crippen molar-refractivity contribution in [1.82, 2.24) is 44.9 Å². The number of likely N-dealkylation sites (N-methyl/N-ethyl adjacent to an activating group) is 3. The predicted molar refractivity (Wildman–Crippen MR) is 487 cm³/mol. The van der Waals surface area contributed by atoms with Crippen molar-refractivity contribution in [3.63, 3.8) is 0 Å². The van der Waals surface area contributed by atoms with Gasteiger partial charge in [0.2, 0.25) is 0 Å². The highest BCUT2D eigenvalue weighted by Crippen LogP contribution is 2.36. The van der Waals surface area contributed by atoms with Gasteiger partial charge >= 0.3 is 11.9 Å². The molecule has 1 fully saturated rings. The number of Topliss-reactive ketones (excluding diaryl/α,β-unsaturated/α-hetero) is 3. The van der Waals surface area contributed by atoms with Gasteiger partial charge < -0.3 is 63.5 Å². The van der Waals surface area contributed by atoms with Gasteiger partial charge in [-0.1, -0.05) is 104 Å². The van der Waals surface area contributed by atoms with Crippen molar-refractivity contribution in [2.45, 2.75) is 299 Å². The maximum Gasteiger partial charge on any atom is 0.337 e. The molecule has 124 heavy (non-hydrogen) atoms. The van der Waals surface area contributed by atoms with Gasteiger partial charge in [0.25, 0.3) is 0 Å². The topological polar surface area (TPSA) is 347 Å². The highest BCUT2D eigenvalue weighted by atomic mass is 19.1. The minimum absolute atomic E-state index is 0.0375. The van der Waals surface area contributed by atoms with Gasteiger partial charge in [0.15, 0.2) is 46.7 Å². The molecular weight excluding hydrogens is 1580 g/mol. The summed E-state index contributed by atoms with van der Waals surface area (Å²) in [5.74, 6) is 4.69. The molecule has 6 aromatic rings. The number of rotatable bonds is 26. The second-order valence-corrected chi connectivity index (χ2v) is 41.2. The molecular formula is C96H151FN12O15. The number of halogens is 1. The lowest BCUT2D eigenvalue weighted by Crippen LogP contribution is -2.38. The van der Waals surface area contributed by atoms with Crippen molar-refractivity contribution >= 4 is 46.7 Å². The number of esters is 2.